The highest BCUT2D eigenvalue weighted by molar-refractivity contribution is 5.85. The van der Waals surface area contributed by atoms with Crippen LogP contribution in [0.15, 0.2) is 18.2 Å². The third-order valence-electron chi connectivity index (χ3n) is 4.20. The maximum Gasteiger partial charge on any atom is 0.240 e. The number of benzene rings is 1. The second-order valence-corrected chi connectivity index (χ2v) is 5.96. The fourth-order valence-corrected chi connectivity index (χ4v) is 2.90. The first-order valence-electron chi connectivity index (χ1n) is 8.10. The maximum atomic E-state index is 12.2. The van der Waals surface area contributed by atoms with Gasteiger partial charge in [0.2, 0.25) is 11.8 Å². The number of ether oxygens (including phenoxy) is 2. The minimum atomic E-state index is -0.154. The molecule has 6 nitrogen and oxygen atoms in total. The molecule has 2 aliphatic rings. The van der Waals surface area contributed by atoms with Crippen molar-refractivity contribution in [3.05, 3.63) is 23.8 Å². The summed E-state index contributed by atoms with van der Waals surface area (Å²) in [7, 11) is 0. The lowest BCUT2D eigenvalue weighted by atomic mass is 10.1. The molecule has 0 aromatic heterocycles. The highest BCUT2D eigenvalue weighted by atomic mass is 16.6. The van der Waals surface area contributed by atoms with Crippen LogP contribution in [0.5, 0.6) is 11.5 Å². The second kappa shape index (κ2) is 6.89. The van der Waals surface area contributed by atoms with Gasteiger partial charge < -0.3 is 19.7 Å². The topological polar surface area (TPSA) is 67.9 Å². The van der Waals surface area contributed by atoms with Crippen LogP contribution in [-0.4, -0.2) is 43.0 Å². The van der Waals surface area contributed by atoms with Crippen LogP contribution in [0.2, 0.25) is 0 Å². The lowest BCUT2D eigenvalue weighted by Crippen LogP contribution is -2.43. The highest BCUT2D eigenvalue weighted by Gasteiger charge is 2.22. The Morgan fingerprint density at radius 2 is 2.04 bits per heavy atom. The standard InChI is InChI=1S/C17H22N2O4/c1-12(13-5-6-14-15(10-13)23-9-8-22-14)18-16(20)11-19-7-3-2-4-17(19)21/h5-6,10,12H,2-4,7-9,11H2,1H3,(H,18,20). The van der Waals surface area contributed by atoms with E-state index in [0.29, 0.717) is 31.9 Å². The van der Waals surface area contributed by atoms with E-state index in [4.69, 9.17) is 9.47 Å². The average Bonchev–Trinajstić information content (AvgIpc) is 2.56. The fraction of sp³-hybridized carbons (Fsp3) is 0.529. The molecule has 1 unspecified atom stereocenters. The predicted octanol–water partition coefficient (Wildman–Crippen LogP) is 1.65. The molecular formula is C17H22N2O4. The summed E-state index contributed by atoms with van der Waals surface area (Å²) < 4.78 is 11.1. The van der Waals surface area contributed by atoms with Gasteiger partial charge in [-0.05, 0) is 37.5 Å². The van der Waals surface area contributed by atoms with Crippen LogP contribution in [0.25, 0.3) is 0 Å². The van der Waals surface area contributed by atoms with Crippen LogP contribution in [0.3, 0.4) is 0 Å². The maximum absolute atomic E-state index is 12.2. The number of nitrogens with one attached hydrogen (secondary N) is 1. The zero-order valence-corrected chi connectivity index (χ0v) is 13.3. The van der Waals surface area contributed by atoms with E-state index in [0.717, 1.165) is 24.2 Å². The summed E-state index contributed by atoms with van der Waals surface area (Å²) in [6, 6.07) is 5.52. The third-order valence-corrected chi connectivity index (χ3v) is 4.20. The third kappa shape index (κ3) is 3.75. The van der Waals surface area contributed by atoms with Gasteiger partial charge in [0.25, 0.3) is 0 Å². The van der Waals surface area contributed by atoms with Crippen LogP contribution in [0.4, 0.5) is 0 Å². The van der Waals surface area contributed by atoms with E-state index in [9.17, 15) is 9.59 Å². The summed E-state index contributed by atoms with van der Waals surface area (Å²) in [6.45, 7) is 3.82. The number of rotatable bonds is 4. The Hall–Kier alpha value is -2.24. The molecule has 124 valence electrons. The number of piperidine rings is 1. The first-order valence-corrected chi connectivity index (χ1v) is 8.10. The van der Waals surface area contributed by atoms with E-state index >= 15 is 0 Å². The average molecular weight is 318 g/mol. The molecule has 2 amide bonds. The van der Waals surface area contributed by atoms with E-state index in [1.54, 1.807) is 4.90 Å². The number of hydrogen-bond acceptors (Lipinski definition) is 4. The molecule has 0 spiro atoms. The van der Waals surface area contributed by atoms with Crippen LogP contribution in [0.1, 0.15) is 37.8 Å². The molecule has 1 aromatic carbocycles. The molecule has 1 atom stereocenters. The zero-order valence-electron chi connectivity index (χ0n) is 13.3. The summed E-state index contributed by atoms with van der Waals surface area (Å²) in [5.74, 6) is 1.37. The molecule has 3 rings (SSSR count). The van der Waals surface area contributed by atoms with Gasteiger partial charge in [-0.2, -0.15) is 0 Å². The minimum Gasteiger partial charge on any atom is -0.486 e. The van der Waals surface area contributed by atoms with Crippen LogP contribution in [-0.2, 0) is 9.59 Å². The number of amides is 2. The molecule has 1 N–H and O–H groups in total. The van der Waals surface area contributed by atoms with Crippen molar-refractivity contribution in [3.8, 4) is 11.5 Å². The minimum absolute atomic E-state index is 0.0679. The molecule has 0 saturated carbocycles. The summed E-state index contributed by atoms with van der Waals surface area (Å²) in [6.07, 6.45) is 2.44. The van der Waals surface area contributed by atoms with Gasteiger partial charge in [0.05, 0.1) is 12.6 Å². The van der Waals surface area contributed by atoms with Crippen molar-refractivity contribution in [1.29, 1.82) is 0 Å². The molecule has 1 fully saturated rings. The number of fused-ring (bicyclic) bond motifs is 1. The Bertz CT molecular complexity index is 602. The second-order valence-electron chi connectivity index (χ2n) is 5.96. The molecule has 0 bridgehead atoms. The molecule has 0 aliphatic carbocycles. The van der Waals surface area contributed by atoms with E-state index in [-0.39, 0.29) is 24.4 Å². The summed E-state index contributed by atoms with van der Waals surface area (Å²) >= 11 is 0. The van der Waals surface area contributed by atoms with Gasteiger partial charge in [-0.3, -0.25) is 9.59 Å². The zero-order chi connectivity index (χ0) is 16.2. The van der Waals surface area contributed by atoms with Gasteiger partial charge in [-0.1, -0.05) is 6.07 Å². The number of likely N-dealkylation sites (tertiary alicyclic amines) is 1. The van der Waals surface area contributed by atoms with Gasteiger partial charge in [0, 0.05) is 13.0 Å². The van der Waals surface area contributed by atoms with Crippen molar-refractivity contribution < 1.29 is 19.1 Å². The first kappa shape index (κ1) is 15.6. The molecule has 1 aromatic rings. The quantitative estimate of drug-likeness (QED) is 0.916. The normalized spacial score (nSPS) is 18.5. The molecule has 2 heterocycles. The van der Waals surface area contributed by atoms with Gasteiger partial charge in [0.15, 0.2) is 11.5 Å². The number of carbonyl (C=O) groups excluding carboxylic acids is 2. The molecule has 23 heavy (non-hydrogen) atoms. The smallest absolute Gasteiger partial charge is 0.240 e. The largest absolute Gasteiger partial charge is 0.486 e. The fourth-order valence-electron chi connectivity index (χ4n) is 2.90. The SMILES string of the molecule is CC(NC(=O)CN1CCCCC1=O)c1ccc2c(c1)OCCO2. The lowest BCUT2D eigenvalue weighted by molar-refractivity contribution is -0.138. The van der Waals surface area contributed by atoms with Crippen molar-refractivity contribution in [2.45, 2.75) is 32.2 Å². The number of carbonyl (C=O) groups is 2. The van der Waals surface area contributed by atoms with E-state index < -0.39 is 0 Å². The molecular weight excluding hydrogens is 296 g/mol. The Kier molecular flexibility index (Phi) is 4.69. The van der Waals surface area contributed by atoms with Crippen LogP contribution >= 0.6 is 0 Å². The van der Waals surface area contributed by atoms with Crippen molar-refractivity contribution in [1.82, 2.24) is 10.2 Å². The monoisotopic (exact) mass is 318 g/mol. The van der Waals surface area contributed by atoms with Gasteiger partial charge in [-0.25, -0.2) is 0 Å². The van der Waals surface area contributed by atoms with Gasteiger partial charge in [-0.15, -0.1) is 0 Å². The summed E-state index contributed by atoms with van der Waals surface area (Å²) in [4.78, 5) is 25.6. The molecule has 0 radical (unpaired) electrons. The van der Waals surface area contributed by atoms with Crippen molar-refractivity contribution in [3.63, 3.8) is 0 Å². The Labute approximate surface area is 135 Å². The van der Waals surface area contributed by atoms with E-state index in [1.165, 1.54) is 0 Å². The Balaban J connectivity index is 1.58. The Morgan fingerprint density at radius 3 is 2.83 bits per heavy atom. The van der Waals surface area contributed by atoms with E-state index in [2.05, 4.69) is 5.32 Å². The summed E-state index contributed by atoms with van der Waals surface area (Å²) in [5, 5.41) is 2.94. The molecule has 1 saturated heterocycles. The predicted molar refractivity (Wildman–Crippen MR) is 84.4 cm³/mol. The van der Waals surface area contributed by atoms with E-state index in [1.807, 2.05) is 25.1 Å². The van der Waals surface area contributed by atoms with Crippen molar-refractivity contribution in [2.24, 2.45) is 0 Å². The molecule has 2 aliphatic heterocycles. The number of hydrogen-bond donors (Lipinski definition) is 1. The van der Waals surface area contributed by atoms with Crippen molar-refractivity contribution >= 4 is 11.8 Å². The van der Waals surface area contributed by atoms with Gasteiger partial charge >= 0.3 is 0 Å². The number of nitrogens with zero attached hydrogens (tertiary/aromatic N) is 1. The Morgan fingerprint density at radius 1 is 1.26 bits per heavy atom. The lowest BCUT2D eigenvalue weighted by Gasteiger charge is -2.27. The van der Waals surface area contributed by atoms with Crippen LogP contribution in [0, 0.1) is 0 Å². The first-order chi connectivity index (χ1) is 11.1. The van der Waals surface area contributed by atoms with Crippen LogP contribution < -0.4 is 14.8 Å². The van der Waals surface area contributed by atoms with Crippen molar-refractivity contribution in [2.75, 3.05) is 26.3 Å². The molecule has 6 heteroatoms. The highest BCUT2D eigenvalue weighted by Crippen LogP contribution is 2.32. The van der Waals surface area contributed by atoms with Gasteiger partial charge in [0.1, 0.15) is 13.2 Å². The summed E-state index contributed by atoms with van der Waals surface area (Å²) in [5.41, 5.74) is 0.951.